The van der Waals surface area contributed by atoms with Crippen LogP contribution in [-0.2, 0) is 9.31 Å². The van der Waals surface area contributed by atoms with Gasteiger partial charge >= 0.3 is 7.12 Å². The van der Waals surface area contributed by atoms with E-state index in [9.17, 15) is 5.26 Å². The van der Waals surface area contributed by atoms with Gasteiger partial charge in [-0.3, -0.25) is 4.57 Å². The predicted molar refractivity (Wildman–Crippen MR) is 102 cm³/mol. The number of rotatable bonds is 2. The molecule has 0 bridgehead atoms. The summed E-state index contributed by atoms with van der Waals surface area (Å²) in [4.78, 5) is 4.79. The minimum absolute atomic E-state index is 0.449. The van der Waals surface area contributed by atoms with E-state index in [1.54, 1.807) is 6.07 Å². The SMILES string of the molecule is CC1(C)OB(c2nc3ccccc3n2-c2cccc(C#N)c2)OC1(C)C. The number of hydrogen-bond donors (Lipinski definition) is 0. The third-order valence-corrected chi connectivity index (χ3v) is 5.28. The summed E-state index contributed by atoms with van der Waals surface area (Å²) < 4.78 is 14.5. The van der Waals surface area contributed by atoms with Crippen molar-refractivity contribution in [2.45, 2.75) is 38.9 Å². The van der Waals surface area contributed by atoms with Crippen LogP contribution >= 0.6 is 0 Å². The molecule has 0 spiro atoms. The summed E-state index contributed by atoms with van der Waals surface area (Å²) in [5.74, 6) is 0. The van der Waals surface area contributed by atoms with Gasteiger partial charge < -0.3 is 9.31 Å². The lowest BCUT2D eigenvalue weighted by Gasteiger charge is -2.32. The Balaban J connectivity index is 1.92. The fraction of sp³-hybridized carbons (Fsp3) is 0.300. The van der Waals surface area contributed by atoms with Gasteiger partial charge in [-0.15, -0.1) is 0 Å². The van der Waals surface area contributed by atoms with E-state index in [1.165, 1.54) is 0 Å². The van der Waals surface area contributed by atoms with E-state index in [4.69, 9.17) is 14.3 Å². The van der Waals surface area contributed by atoms with Crippen molar-refractivity contribution in [3.8, 4) is 11.8 Å². The quantitative estimate of drug-likeness (QED) is 0.669. The van der Waals surface area contributed by atoms with Crippen molar-refractivity contribution < 1.29 is 9.31 Å². The van der Waals surface area contributed by atoms with Crippen LogP contribution in [-0.4, -0.2) is 27.9 Å². The Morgan fingerprint density at radius 3 is 2.38 bits per heavy atom. The highest BCUT2D eigenvalue weighted by Gasteiger charge is 2.53. The molecular formula is C20H20BN3O2. The van der Waals surface area contributed by atoms with Crippen LogP contribution in [0.25, 0.3) is 16.7 Å². The van der Waals surface area contributed by atoms with Gasteiger partial charge in [0.15, 0.2) is 0 Å². The lowest BCUT2D eigenvalue weighted by atomic mass is 9.88. The number of aromatic nitrogens is 2. The lowest BCUT2D eigenvalue weighted by Crippen LogP contribution is -2.41. The third kappa shape index (κ3) is 2.52. The number of hydrogen-bond acceptors (Lipinski definition) is 4. The molecule has 0 aliphatic carbocycles. The molecule has 3 aromatic rings. The van der Waals surface area contributed by atoms with Crippen LogP contribution in [0.15, 0.2) is 48.5 Å². The molecule has 1 aliphatic heterocycles. The van der Waals surface area contributed by atoms with Gasteiger partial charge in [0.1, 0.15) is 5.72 Å². The molecule has 6 heteroatoms. The van der Waals surface area contributed by atoms with Gasteiger partial charge in [-0.1, -0.05) is 18.2 Å². The van der Waals surface area contributed by atoms with E-state index in [1.807, 2.05) is 74.7 Å². The van der Waals surface area contributed by atoms with Gasteiger partial charge in [0.25, 0.3) is 0 Å². The minimum atomic E-state index is -0.585. The average Bonchev–Trinajstić information content (AvgIpc) is 3.09. The molecule has 5 nitrogen and oxygen atoms in total. The number of imidazole rings is 1. The van der Waals surface area contributed by atoms with Crippen LogP contribution < -0.4 is 5.72 Å². The minimum Gasteiger partial charge on any atom is -0.397 e. The maximum atomic E-state index is 9.27. The van der Waals surface area contributed by atoms with Crippen molar-refractivity contribution in [1.29, 1.82) is 5.26 Å². The van der Waals surface area contributed by atoms with E-state index in [2.05, 4.69) is 6.07 Å². The number of fused-ring (bicyclic) bond motifs is 1. The van der Waals surface area contributed by atoms with Crippen LogP contribution in [0.2, 0.25) is 0 Å². The van der Waals surface area contributed by atoms with Gasteiger partial charge in [0, 0.05) is 5.69 Å². The van der Waals surface area contributed by atoms with Crippen molar-refractivity contribution in [2.24, 2.45) is 0 Å². The number of nitrogens with zero attached hydrogens (tertiary/aromatic N) is 3. The largest absolute Gasteiger partial charge is 0.533 e. The molecule has 0 radical (unpaired) electrons. The summed E-state index contributed by atoms with van der Waals surface area (Å²) in [5, 5.41) is 9.27. The van der Waals surface area contributed by atoms with E-state index in [0.717, 1.165) is 16.7 Å². The zero-order valence-electron chi connectivity index (χ0n) is 15.4. The smallest absolute Gasteiger partial charge is 0.397 e. The summed E-state index contributed by atoms with van der Waals surface area (Å²) in [7, 11) is -0.585. The Bertz CT molecular complexity index is 1020. The molecule has 1 aromatic heterocycles. The van der Waals surface area contributed by atoms with Crippen LogP contribution in [0.5, 0.6) is 0 Å². The molecule has 26 heavy (non-hydrogen) atoms. The summed E-state index contributed by atoms with van der Waals surface area (Å²) in [6, 6.07) is 17.6. The highest BCUT2D eigenvalue weighted by atomic mass is 16.7. The molecule has 0 N–H and O–H groups in total. The second-order valence-corrected chi connectivity index (χ2v) is 7.54. The molecular weight excluding hydrogens is 325 g/mol. The molecule has 1 saturated heterocycles. The summed E-state index contributed by atoms with van der Waals surface area (Å²) in [6.07, 6.45) is 0. The Morgan fingerprint density at radius 2 is 1.69 bits per heavy atom. The van der Waals surface area contributed by atoms with Crippen LogP contribution in [0.3, 0.4) is 0 Å². The highest BCUT2D eigenvalue weighted by Crippen LogP contribution is 2.36. The topological polar surface area (TPSA) is 60.1 Å². The third-order valence-electron chi connectivity index (χ3n) is 5.28. The monoisotopic (exact) mass is 345 g/mol. The van der Waals surface area contributed by atoms with Crippen molar-refractivity contribution in [2.75, 3.05) is 0 Å². The number of benzene rings is 2. The second-order valence-electron chi connectivity index (χ2n) is 7.54. The summed E-state index contributed by atoms with van der Waals surface area (Å²) >= 11 is 0. The lowest BCUT2D eigenvalue weighted by molar-refractivity contribution is 0.00578. The molecule has 0 unspecified atom stereocenters. The molecule has 1 fully saturated rings. The van der Waals surface area contributed by atoms with Gasteiger partial charge in [0.2, 0.25) is 0 Å². The molecule has 4 rings (SSSR count). The Labute approximate surface area is 153 Å². The first-order valence-electron chi connectivity index (χ1n) is 8.66. The van der Waals surface area contributed by atoms with Crippen molar-refractivity contribution in [3.05, 3.63) is 54.1 Å². The fourth-order valence-corrected chi connectivity index (χ4v) is 3.14. The van der Waals surface area contributed by atoms with Crippen molar-refractivity contribution in [3.63, 3.8) is 0 Å². The molecule has 2 heterocycles. The second kappa shape index (κ2) is 5.70. The zero-order chi connectivity index (χ0) is 18.5. The van der Waals surface area contributed by atoms with Crippen LogP contribution in [0.4, 0.5) is 0 Å². The van der Waals surface area contributed by atoms with E-state index in [-0.39, 0.29) is 0 Å². The Kier molecular flexibility index (Phi) is 3.69. The number of para-hydroxylation sites is 2. The molecule has 0 atom stereocenters. The maximum Gasteiger partial charge on any atom is 0.533 e. The first-order valence-corrected chi connectivity index (χ1v) is 8.66. The van der Waals surface area contributed by atoms with E-state index < -0.39 is 18.3 Å². The fourth-order valence-electron chi connectivity index (χ4n) is 3.14. The first-order chi connectivity index (χ1) is 12.3. The van der Waals surface area contributed by atoms with Crippen molar-refractivity contribution in [1.82, 2.24) is 9.55 Å². The van der Waals surface area contributed by atoms with E-state index >= 15 is 0 Å². The van der Waals surface area contributed by atoms with Gasteiger partial charge in [-0.05, 0) is 58.0 Å². The maximum absolute atomic E-state index is 9.27. The zero-order valence-corrected chi connectivity index (χ0v) is 15.4. The van der Waals surface area contributed by atoms with E-state index in [0.29, 0.717) is 11.3 Å². The molecule has 130 valence electrons. The predicted octanol–water partition coefficient (Wildman–Crippen LogP) is 3.20. The normalized spacial score (nSPS) is 18.2. The number of nitriles is 1. The Hall–Kier alpha value is -2.62. The highest BCUT2D eigenvalue weighted by molar-refractivity contribution is 6.60. The van der Waals surface area contributed by atoms with Gasteiger partial charge in [-0.2, -0.15) is 5.26 Å². The molecule has 1 aliphatic rings. The first kappa shape index (κ1) is 16.8. The molecule has 0 saturated carbocycles. The van der Waals surface area contributed by atoms with Crippen molar-refractivity contribution >= 4 is 23.9 Å². The van der Waals surface area contributed by atoms with Crippen LogP contribution in [0.1, 0.15) is 33.3 Å². The van der Waals surface area contributed by atoms with Crippen LogP contribution in [0, 0.1) is 11.3 Å². The average molecular weight is 345 g/mol. The molecule has 0 amide bonds. The summed E-state index contributed by atoms with van der Waals surface area (Å²) in [5.41, 5.74) is 3.05. The van der Waals surface area contributed by atoms with Gasteiger partial charge in [-0.25, -0.2) is 4.98 Å². The van der Waals surface area contributed by atoms with Gasteiger partial charge in [0.05, 0.1) is 33.9 Å². The molecule has 2 aromatic carbocycles. The Morgan fingerprint density at radius 1 is 1.00 bits per heavy atom. The standard InChI is InChI=1S/C20H20BN3O2/c1-19(2)20(3,4)26-21(25-19)18-23-16-10-5-6-11-17(16)24(18)15-9-7-8-14(12-15)13-22/h5-12H,1-4H3. The summed E-state index contributed by atoms with van der Waals surface area (Å²) in [6.45, 7) is 8.10.